The Morgan fingerprint density at radius 2 is 1.95 bits per heavy atom. The van der Waals surface area contributed by atoms with E-state index >= 15 is 0 Å². The van der Waals surface area contributed by atoms with E-state index in [0.29, 0.717) is 11.8 Å². The number of hydrogen-bond acceptors (Lipinski definition) is 4. The molecule has 0 radical (unpaired) electrons. The van der Waals surface area contributed by atoms with Crippen LogP contribution >= 0.6 is 15.9 Å². The van der Waals surface area contributed by atoms with Crippen molar-refractivity contribution in [2.75, 3.05) is 13.1 Å². The average Bonchev–Trinajstić information content (AvgIpc) is 2.98. The largest absolute Gasteiger partial charge is 0.443 e. The first-order valence-electron chi connectivity index (χ1n) is 6.47. The van der Waals surface area contributed by atoms with Gasteiger partial charge in [-0.1, -0.05) is 6.42 Å². The molecule has 1 aromatic heterocycles. The topological polar surface area (TPSA) is 93.6 Å². The third-order valence-corrected chi connectivity index (χ3v) is 5.95. The predicted octanol–water partition coefficient (Wildman–Crippen LogP) is 1.56. The van der Waals surface area contributed by atoms with E-state index in [1.54, 1.807) is 4.90 Å². The SMILES string of the molecule is NS(=O)(=O)c1cc(C(=O)N2CC3CCCC3C2)oc1Br. The number of carbonyl (C=O) groups is 1. The Hall–Kier alpha value is -0.860. The van der Waals surface area contributed by atoms with Crippen LogP contribution in [0, 0.1) is 11.8 Å². The molecule has 1 saturated heterocycles. The lowest BCUT2D eigenvalue weighted by Gasteiger charge is -2.15. The molecule has 2 unspecified atom stereocenters. The van der Waals surface area contributed by atoms with Crippen molar-refractivity contribution in [3.8, 4) is 0 Å². The van der Waals surface area contributed by atoms with Crippen molar-refractivity contribution in [2.24, 2.45) is 17.0 Å². The molecule has 0 spiro atoms. The van der Waals surface area contributed by atoms with Gasteiger partial charge in [0.05, 0.1) is 0 Å². The highest BCUT2D eigenvalue weighted by molar-refractivity contribution is 9.10. The van der Waals surface area contributed by atoms with Crippen LogP contribution in [0.4, 0.5) is 0 Å². The Kier molecular flexibility index (Phi) is 3.42. The first-order chi connectivity index (χ1) is 9.36. The van der Waals surface area contributed by atoms with Crippen LogP contribution in [0.2, 0.25) is 0 Å². The van der Waals surface area contributed by atoms with Crippen LogP contribution in [-0.2, 0) is 10.0 Å². The number of nitrogens with zero attached hydrogens (tertiary/aromatic N) is 1. The van der Waals surface area contributed by atoms with Crippen molar-refractivity contribution >= 4 is 31.9 Å². The standard InChI is InChI=1S/C12H15BrN2O4S/c13-11-10(20(14,17)18)4-9(19-11)12(16)15-5-7-2-1-3-8(7)6-15/h4,7-8H,1-3,5-6H2,(H2,14,17,18). The van der Waals surface area contributed by atoms with Gasteiger partial charge in [-0.3, -0.25) is 4.79 Å². The summed E-state index contributed by atoms with van der Waals surface area (Å²) in [5.74, 6) is 0.904. The number of hydrogen-bond donors (Lipinski definition) is 1. The van der Waals surface area contributed by atoms with Crippen molar-refractivity contribution in [1.82, 2.24) is 4.90 Å². The molecule has 8 heteroatoms. The lowest BCUT2D eigenvalue weighted by Crippen LogP contribution is -2.29. The van der Waals surface area contributed by atoms with Gasteiger partial charge in [0, 0.05) is 19.2 Å². The van der Waals surface area contributed by atoms with Gasteiger partial charge in [-0.25, -0.2) is 13.6 Å². The molecule has 0 aromatic carbocycles. The van der Waals surface area contributed by atoms with E-state index in [0.717, 1.165) is 13.1 Å². The van der Waals surface area contributed by atoms with E-state index in [1.165, 1.54) is 25.3 Å². The number of sulfonamides is 1. The summed E-state index contributed by atoms with van der Waals surface area (Å²) in [6.07, 6.45) is 3.57. The summed E-state index contributed by atoms with van der Waals surface area (Å²) in [7, 11) is -3.90. The Labute approximate surface area is 125 Å². The molecule has 0 bridgehead atoms. The molecular weight excluding hydrogens is 348 g/mol. The number of halogens is 1. The monoisotopic (exact) mass is 362 g/mol. The van der Waals surface area contributed by atoms with Crippen LogP contribution < -0.4 is 5.14 Å². The number of fused-ring (bicyclic) bond motifs is 1. The number of primary sulfonamides is 1. The van der Waals surface area contributed by atoms with Crippen molar-refractivity contribution in [2.45, 2.75) is 24.2 Å². The molecule has 3 rings (SSSR count). The van der Waals surface area contributed by atoms with Gasteiger partial charge >= 0.3 is 0 Å². The number of amides is 1. The third-order valence-electron chi connectivity index (χ3n) is 4.19. The summed E-state index contributed by atoms with van der Waals surface area (Å²) in [5, 5.41) is 5.06. The van der Waals surface area contributed by atoms with Gasteiger partial charge in [0.1, 0.15) is 4.90 Å². The lowest BCUT2D eigenvalue weighted by molar-refractivity contribution is 0.0747. The van der Waals surface area contributed by atoms with Crippen molar-refractivity contribution in [1.29, 1.82) is 0 Å². The van der Waals surface area contributed by atoms with E-state index < -0.39 is 10.0 Å². The molecule has 6 nitrogen and oxygen atoms in total. The van der Waals surface area contributed by atoms with E-state index in [1.807, 2.05) is 0 Å². The molecule has 110 valence electrons. The highest BCUT2D eigenvalue weighted by Gasteiger charge is 2.39. The molecule has 2 fully saturated rings. The fourth-order valence-corrected chi connectivity index (χ4v) is 4.71. The predicted molar refractivity (Wildman–Crippen MR) is 74.5 cm³/mol. The van der Waals surface area contributed by atoms with Crippen molar-refractivity contribution in [3.05, 3.63) is 16.5 Å². The summed E-state index contributed by atoms with van der Waals surface area (Å²) in [6.45, 7) is 1.46. The molecule has 1 aliphatic carbocycles. The number of furan rings is 1. The molecule has 1 saturated carbocycles. The van der Waals surface area contributed by atoms with Crippen LogP contribution in [0.25, 0.3) is 0 Å². The average molecular weight is 363 g/mol. The smallest absolute Gasteiger partial charge is 0.289 e. The minimum Gasteiger partial charge on any atom is -0.443 e. The van der Waals surface area contributed by atoms with Gasteiger partial charge in [-0.2, -0.15) is 0 Å². The van der Waals surface area contributed by atoms with E-state index in [-0.39, 0.29) is 21.2 Å². The normalized spacial score (nSPS) is 26.0. The second-order valence-corrected chi connectivity index (χ2v) is 7.70. The third kappa shape index (κ3) is 2.40. The molecule has 1 aliphatic heterocycles. The Morgan fingerprint density at radius 1 is 1.35 bits per heavy atom. The zero-order valence-corrected chi connectivity index (χ0v) is 13.1. The van der Waals surface area contributed by atoms with Crippen molar-refractivity contribution in [3.63, 3.8) is 0 Å². The highest BCUT2D eigenvalue weighted by atomic mass is 79.9. The van der Waals surface area contributed by atoms with Gasteiger partial charge in [0.25, 0.3) is 5.91 Å². The maximum absolute atomic E-state index is 12.3. The fraction of sp³-hybridized carbons (Fsp3) is 0.583. The van der Waals surface area contributed by atoms with Gasteiger partial charge in [0.2, 0.25) is 10.0 Å². The molecular formula is C12H15BrN2O4S. The molecule has 2 N–H and O–H groups in total. The summed E-state index contributed by atoms with van der Waals surface area (Å²) in [5.41, 5.74) is 0. The summed E-state index contributed by atoms with van der Waals surface area (Å²) >= 11 is 2.98. The van der Waals surface area contributed by atoms with Gasteiger partial charge in [-0.05, 0) is 40.6 Å². The zero-order valence-electron chi connectivity index (χ0n) is 10.7. The Bertz CT molecular complexity index is 642. The van der Waals surface area contributed by atoms with E-state index in [2.05, 4.69) is 15.9 Å². The van der Waals surface area contributed by atoms with Crippen LogP contribution in [-0.4, -0.2) is 32.3 Å². The van der Waals surface area contributed by atoms with E-state index in [4.69, 9.17) is 9.56 Å². The Balaban J connectivity index is 1.82. The van der Waals surface area contributed by atoms with Crippen LogP contribution in [0.5, 0.6) is 0 Å². The highest BCUT2D eigenvalue weighted by Crippen LogP contribution is 2.38. The maximum atomic E-state index is 12.3. The molecule has 2 heterocycles. The van der Waals surface area contributed by atoms with Crippen LogP contribution in [0.15, 0.2) is 20.0 Å². The number of carbonyl (C=O) groups excluding carboxylic acids is 1. The quantitative estimate of drug-likeness (QED) is 0.863. The Morgan fingerprint density at radius 3 is 2.45 bits per heavy atom. The first kappa shape index (κ1) is 14.1. The molecule has 1 amide bonds. The molecule has 20 heavy (non-hydrogen) atoms. The molecule has 2 aliphatic rings. The summed E-state index contributed by atoms with van der Waals surface area (Å²) in [6, 6.07) is 1.19. The summed E-state index contributed by atoms with van der Waals surface area (Å²) < 4.78 is 27.8. The fourth-order valence-electron chi connectivity index (χ4n) is 3.21. The van der Waals surface area contributed by atoms with Gasteiger partial charge < -0.3 is 9.32 Å². The van der Waals surface area contributed by atoms with Crippen LogP contribution in [0.1, 0.15) is 29.8 Å². The second-order valence-electron chi connectivity index (χ2n) is 5.45. The first-order valence-corrected chi connectivity index (χ1v) is 8.81. The number of rotatable bonds is 2. The van der Waals surface area contributed by atoms with Gasteiger partial charge in [-0.15, -0.1) is 0 Å². The van der Waals surface area contributed by atoms with E-state index in [9.17, 15) is 13.2 Å². The molecule has 2 atom stereocenters. The maximum Gasteiger partial charge on any atom is 0.289 e. The second kappa shape index (κ2) is 4.85. The molecule has 1 aromatic rings. The number of likely N-dealkylation sites (tertiary alicyclic amines) is 1. The summed E-state index contributed by atoms with van der Waals surface area (Å²) in [4.78, 5) is 13.9. The lowest BCUT2D eigenvalue weighted by atomic mass is 10.0. The van der Waals surface area contributed by atoms with Crippen LogP contribution in [0.3, 0.4) is 0 Å². The number of nitrogens with two attached hydrogens (primary N) is 1. The van der Waals surface area contributed by atoms with Gasteiger partial charge in [0.15, 0.2) is 10.4 Å². The minimum absolute atomic E-state index is 0.0147. The minimum atomic E-state index is -3.90. The van der Waals surface area contributed by atoms with Crippen molar-refractivity contribution < 1.29 is 17.6 Å². The zero-order chi connectivity index (χ0) is 14.5.